The SMILES string of the molecule is CCC(NCC1CCC1)c1ccccc1OC. The molecule has 17 heavy (non-hydrogen) atoms. The molecule has 2 nitrogen and oxygen atoms in total. The Balaban J connectivity index is 1.99. The summed E-state index contributed by atoms with van der Waals surface area (Å²) in [5, 5.41) is 3.68. The van der Waals surface area contributed by atoms with Crippen molar-refractivity contribution < 1.29 is 4.74 Å². The summed E-state index contributed by atoms with van der Waals surface area (Å²) in [6.07, 6.45) is 5.32. The number of hydrogen-bond donors (Lipinski definition) is 1. The Morgan fingerprint density at radius 3 is 2.71 bits per heavy atom. The van der Waals surface area contributed by atoms with Crippen LogP contribution in [0.4, 0.5) is 0 Å². The molecule has 2 heteroatoms. The molecule has 0 radical (unpaired) electrons. The summed E-state index contributed by atoms with van der Waals surface area (Å²) in [5.74, 6) is 1.90. The van der Waals surface area contributed by atoms with Crippen LogP contribution in [0.5, 0.6) is 5.75 Å². The third-order valence-corrected chi connectivity index (χ3v) is 3.80. The molecule has 2 rings (SSSR count). The second-order valence-electron chi connectivity index (χ2n) is 4.91. The van der Waals surface area contributed by atoms with Gasteiger partial charge in [0.15, 0.2) is 0 Å². The van der Waals surface area contributed by atoms with Gasteiger partial charge in [-0.25, -0.2) is 0 Å². The van der Waals surface area contributed by atoms with Gasteiger partial charge in [-0.2, -0.15) is 0 Å². The van der Waals surface area contributed by atoms with Gasteiger partial charge in [0, 0.05) is 11.6 Å². The van der Waals surface area contributed by atoms with Crippen LogP contribution in [0, 0.1) is 5.92 Å². The van der Waals surface area contributed by atoms with Gasteiger partial charge in [0.2, 0.25) is 0 Å². The minimum atomic E-state index is 0.423. The van der Waals surface area contributed by atoms with E-state index in [0.717, 1.165) is 24.6 Å². The Morgan fingerprint density at radius 1 is 1.35 bits per heavy atom. The highest BCUT2D eigenvalue weighted by Crippen LogP contribution is 2.29. The molecule has 0 heterocycles. The van der Waals surface area contributed by atoms with Crippen molar-refractivity contribution in [1.82, 2.24) is 5.32 Å². The Hall–Kier alpha value is -1.02. The summed E-state index contributed by atoms with van der Waals surface area (Å²) in [6, 6.07) is 8.75. The molecule has 0 amide bonds. The van der Waals surface area contributed by atoms with Crippen LogP contribution < -0.4 is 10.1 Å². The fourth-order valence-corrected chi connectivity index (χ4v) is 2.43. The molecule has 1 fully saturated rings. The molecular weight excluding hydrogens is 210 g/mol. The fourth-order valence-electron chi connectivity index (χ4n) is 2.43. The van der Waals surface area contributed by atoms with E-state index in [1.54, 1.807) is 7.11 Å². The summed E-state index contributed by atoms with van der Waals surface area (Å²) >= 11 is 0. The maximum absolute atomic E-state index is 5.44. The molecule has 1 aliphatic carbocycles. The van der Waals surface area contributed by atoms with E-state index in [9.17, 15) is 0 Å². The Bertz CT molecular complexity index is 347. The lowest BCUT2D eigenvalue weighted by atomic mass is 9.85. The van der Waals surface area contributed by atoms with Crippen molar-refractivity contribution in [2.75, 3.05) is 13.7 Å². The van der Waals surface area contributed by atoms with Crippen molar-refractivity contribution >= 4 is 0 Å². The fraction of sp³-hybridized carbons (Fsp3) is 0.600. The van der Waals surface area contributed by atoms with Crippen molar-refractivity contribution in [3.8, 4) is 5.75 Å². The molecule has 0 saturated heterocycles. The van der Waals surface area contributed by atoms with E-state index in [2.05, 4.69) is 24.4 Å². The van der Waals surface area contributed by atoms with Crippen LogP contribution in [0.25, 0.3) is 0 Å². The van der Waals surface area contributed by atoms with Crippen LogP contribution in [0.3, 0.4) is 0 Å². The maximum Gasteiger partial charge on any atom is 0.123 e. The predicted molar refractivity (Wildman–Crippen MR) is 71.4 cm³/mol. The molecule has 1 saturated carbocycles. The van der Waals surface area contributed by atoms with Crippen molar-refractivity contribution in [2.45, 2.75) is 38.6 Å². The van der Waals surface area contributed by atoms with Crippen LogP contribution in [0.15, 0.2) is 24.3 Å². The first-order chi connectivity index (χ1) is 8.35. The lowest BCUT2D eigenvalue weighted by Crippen LogP contribution is -2.30. The standard InChI is InChI=1S/C15H23NO/c1-3-14(16-11-12-7-6-8-12)13-9-4-5-10-15(13)17-2/h4-5,9-10,12,14,16H,3,6-8,11H2,1-2H3. The maximum atomic E-state index is 5.44. The highest BCUT2D eigenvalue weighted by atomic mass is 16.5. The molecule has 0 bridgehead atoms. The first kappa shape index (κ1) is 12.4. The zero-order valence-corrected chi connectivity index (χ0v) is 10.9. The van der Waals surface area contributed by atoms with Gasteiger partial charge in [-0.3, -0.25) is 0 Å². The molecule has 0 spiro atoms. The second-order valence-corrected chi connectivity index (χ2v) is 4.91. The van der Waals surface area contributed by atoms with Crippen molar-refractivity contribution in [3.05, 3.63) is 29.8 Å². The van der Waals surface area contributed by atoms with Crippen molar-refractivity contribution in [1.29, 1.82) is 0 Å². The zero-order chi connectivity index (χ0) is 12.1. The third-order valence-electron chi connectivity index (χ3n) is 3.80. The molecule has 1 aromatic carbocycles. The number of nitrogens with one attached hydrogen (secondary N) is 1. The van der Waals surface area contributed by atoms with Gasteiger partial charge in [-0.15, -0.1) is 0 Å². The Morgan fingerprint density at radius 2 is 2.12 bits per heavy atom. The van der Waals surface area contributed by atoms with Gasteiger partial charge in [0.05, 0.1) is 7.11 Å². The largest absolute Gasteiger partial charge is 0.496 e. The second kappa shape index (κ2) is 6.06. The van der Waals surface area contributed by atoms with Gasteiger partial charge in [0.25, 0.3) is 0 Å². The summed E-state index contributed by atoms with van der Waals surface area (Å²) in [6.45, 7) is 3.38. The monoisotopic (exact) mass is 233 g/mol. The van der Waals surface area contributed by atoms with Crippen LogP contribution in [0.1, 0.15) is 44.2 Å². The molecule has 1 atom stereocenters. The van der Waals surface area contributed by atoms with Gasteiger partial charge < -0.3 is 10.1 Å². The summed E-state index contributed by atoms with van der Waals surface area (Å²) in [4.78, 5) is 0. The van der Waals surface area contributed by atoms with E-state index < -0.39 is 0 Å². The Kier molecular flexibility index (Phi) is 4.43. The number of ether oxygens (including phenoxy) is 1. The van der Waals surface area contributed by atoms with Gasteiger partial charge in [-0.1, -0.05) is 31.5 Å². The normalized spacial score (nSPS) is 17.5. The summed E-state index contributed by atoms with van der Waals surface area (Å²) in [5.41, 5.74) is 1.29. The van der Waals surface area contributed by atoms with Crippen LogP contribution in [-0.4, -0.2) is 13.7 Å². The molecule has 1 unspecified atom stereocenters. The van der Waals surface area contributed by atoms with Crippen LogP contribution >= 0.6 is 0 Å². The van der Waals surface area contributed by atoms with E-state index in [0.29, 0.717) is 6.04 Å². The highest BCUT2D eigenvalue weighted by Gasteiger charge is 2.20. The van der Waals surface area contributed by atoms with E-state index in [-0.39, 0.29) is 0 Å². The van der Waals surface area contributed by atoms with E-state index in [4.69, 9.17) is 4.74 Å². The zero-order valence-electron chi connectivity index (χ0n) is 10.9. The minimum Gasteiger partial charge on any atom is -0.496 e. The molecule has 1 aliphatic rings. The average Bonchev–Trinajstić information content (AvgIpc) is 2.32. The Labute approximate surface area is 104 Å². The number of benzene rings is 1. The van der Waals surface area contributed by atoms with Gasteiger partial charge in [-0.05, 0) is 37.8 Å². The first-order valence-corrected chi connectivity index (χ1v) is 6.71. The van der Waals surface area contributed by atoms with Gasteiger partial charge in [0.1, 0.15) is 5.75 Å². The van der Waals surface area contributed by atoms with Crippen LogP contribution in [0.2, 0.25) is 0 Å². The van der Waals surface area contributed by atoms with Crippen LogP contribution in [-0.2, 0) is 0 Å². The molecule has 94 valence electrons. The smallest absolute Gasteiger partial charge is 0.123 e. The van der Waals surface area contributed by atoms with Crippen molar-refractivity contribution in [2.24, 2.45) is 5.92 Å². The minimum absolute atomic E-state index is 0.423. The molecule has 0 aromatic heterocycles. The number of hydrogen-bond acceptors (Lipinski definition) is 2. The first-order valence-electron chi connectivity index (χ1n) is 6.71. The van der Waals surface area contributed by atoms with E-state index >= 15 is 0 Å². The molecule has 1 N–H and O–H groups in total. The predicted octanol–water partition coefficient (Wildman–Crippen LogP) is 3.54. The summed E-state index contributed by atoms with van der Waals surface area (Å²) < 4.78 is 5.44. The molecule has 0 aliphatic heterocycles. The summed E-state index contributed by atoms with van der Waals surface area (Å²) in [7, 11) is 1.75. The average molecular weight is 233 g/mol. The topological polar surface area (TPSA) is 21.3 Å². The van der Waals surface area contributed by atoms with E-state index in [1.165, 1.54) is 24.8 Å². The lowest BCUT2D eigenvalue weighted by Gasteiger charge is -2.28. The van der Waals surface area contributed by atoms with Gasteiger partial charge >= 0.3 is 0 Å². The number of methoxy groups -OCH3 is 1. The molecular formula is C15H23NO. The molecule has 1 aromatic rings. The van der Waals surface area contributed by atoms with Crippen molar-refractivity contribution in [3.63, 3.8) is 0 Å². The quantitative estimate of drug-likeness (QED) is 0.811. The number of para-hydroxylation sites is 1. The number of rotatable bonds is 6. The highest BCUT2D eigenvalue weighted by molar-refractivity contribution is 5.35. The lowest BCUT2D eigenvalue weighted by molar-refractivity contribution is 0.286. The third kappa shape index (κ3) is 3.01. The van der Waals surface area contributed by atoms with E-state index in [1.807, 2.05) is 12.1 Å².